The summed E-state index contributed by atoms with van der Waals surface area (Å²) in [5.74, 6) is 2.30. The molecule has 0 atom stereocenters. The van der Waals surface area contributed by atoms with Gasteiger partial charge in [0.25, 0.3) is 0 Å². The Morgan fingerprint density at radius 2 is 1.08 bits per heavy atom. The molecule has 0 saturated carbocycles. The number of benzene rings is 6. The van der Waals surface area contributed by atoms with E-state index in [-0.39, 0.29) is 21.7 Å². The SMILES string of the molecule is Cc1cc(SC(=O)c2ccc(-c3ccc(OCCCCOCC4(C)COC4)cc3)cc2)ccc1CCc1cc2ccc3cc(C(=O)Oc4ccc(-c5ccc(OCCOCC6(C)COC6)cc5)cc4)oc3c2o1. The van der Waals surface area contributed by atoms with E-state index in [0.717, 1.165) is 120 Å². The largest absolute Gasteiger partial charge is 0.494 e. The summed E-state index contributed by atoms with van der Waals surface area (Å²) in [7, 11) is 0. The van der Waals surface area contributed by atoms with Crippen molar-refractivity contribution in [2.24, 2.45) is 10.8 Å². The van der Waals surface area contributed by atoms with Gasteiger partial charge in [0.05, 0.1) is 52.9 Å². The maximum Gasteiger partial charge on any atom is 0.379 e. The number of carbonyl (C=O) groups excluding carboxylic acids is 2. The van der Waals surface area contributed by atoms with Gasteiger partial charge in [-0.1, -0.05) is 80.6 Å². The Hall–Kier alpha value is -6.67. The first kappa shape index (κ1) is 49.9. The molecule has 2 fully saturated rings. The van der Waals surface area contributed by atoms with Gasteiger partial charge in [-0.2, -0.15) is 0 Å². The van der Waals surface area contributed by atoms with Crippen LogP contribution in [0, 0.1) is 17.8 Å². The molecule has 0 aliphatic carbocycles. The monoisotopic (exact) mass is 1000 g/mol. The van der Waals surface area contributed by atoms with E-state index in [0.29, 0.717) is 55.3 Å². The van der Waals surface area contributed by atoms with Crippen LogP contribution in [0.5, 0.6) is 17.2 Å². The Morgan fingerprint density at radius 1 is 0.548 bits per heavy atom. The fraction of sp³-hybridized carbons (Fsp3) is 0.311. The lowest BCUT2D eigenvalue weighted by atomic mass is 9.90. The van der Waals surface area contributed by atoms with E-state index >= 15 is 0 Å². The number of unbranched alkanes of at least 4 members (excludes halogenated alkanes) is 1. The van der Waals surface area contributed by atoms with Crippen LogP contribution in [-0.4, -0.2) is 77.2 Å². The zero-order valence-corrected chi connectivity index (χ0v) is 42.4. The van der Waals surface area contributed by atoms with Crippen molar-refractivity contribution < 1.29 is 51.6 Å². The van der Waals surface area contributed by atoms with Crippen molar-refractivity contribution in [3.8, 4) is 39.5 Å². The Kier molecular flexibility index (Phi) is 15.5. The lowest BCUT2D eigenvalue weighted by Gasteiger charge is -2.37. The summed E-state index contributed by atoms with van der Waals surface area (Å²) in [6.45, 7) is 13.3. The number of aryl methyl sites for hydroxylation is 3. The van der Waals surface area contributed by atoms with Crippen LogP contribution in [0.2, 0.25) is 0 Å². The number of furan rings is 2. The van der Waals surface area contributed by atoms with Gasteiger partial charge in [-0.25, -0.2) is 4.79 Å². The molecule has 6 aromatic carbocycles. The minimum Gasteiger partial charge on any atom is -0.494 e. The van der Waals surface area contributed by atoms with Gasteiger partial charge in [-0.05, 0) is 144 Å². The highest BCUT2D eigenvalue weighted by molar-refractivity contribution is 8.14. The van der Waals surface area contributed by atoms with Gasteiger partial charge in [0.15, 0.2) is 11.2 Å². The van der Waals surface area contributed by atoms with E-state index in [1.165, 1.54) is 17.3 Å². The molecule has 4 heterocycles. The summed E-state index contributed by atoms with van der Waals surface area (Å²) >= 11 is 1.23. The normalized spacial score (nSPS) is 14.7. The van der Waals surface area contributed by atoms with E-state index in [1.807, 2.05) is 109 Å². The molecule has 2 aliphatic rings. The van der Waals surface area contributed by atoms with Crippen molar-refractivity contribution in [1.82, 2.24) is 0 Å². The van der Waals surface area contributed by atoms with Crippen molar-refractivity contribution in [3.63, 3.8) is 0 Å². The fourth-order valence-electron chi connectivity index (χ4n) is 8.88. The number of ether oxygens (including phenoxy) is 7. The first-order valence-electron chi connectivity index (χ1n) is 25.0. The molecule has 0 unspecified atom stereocenters. The number of thioether (sulfide) groups is 1. The Morgan fingerprint density at radius 3 is 1.67 bits per heavy atom. The molecule has 11 nitrogen and oxygen atoms in total. The molecule has 73 heavy (non-hydrogen) atoms. The standard InChI is InChI=1S/C61H60O11S/c1-41-32-54(73-59(63)47-8-6-43(7-9-47)44-13-20-50(21-14-44)68-29-5-4-28-64-35-60(2)37-66-38-60)27-19-42(41)12-26-53-33-48-10-11-49-34-55(72-57(49)56(48)70-53)58(62)71-52-24-17-46(18-25-52)45-15-22-51(23-16-45)69-31-30-65-36-61(3)39-67-40-61/h6-11,13-25,27,32-34H,4-5,12,26,28-31,35-40H2,1-3H3. The van der Waals surface area contributed by atoms with Crippen LogP contribution >= 0.6 is 11.8 Å². The van der Waals surface area contributed by atoms with E-state index in [1.54, 1.807) is 18.2 Å². The summed E-state index contributed by atoms with van der Waals surface area (Å²) in [6, 6.07) is 44.8. The van der Waals surface area contributed by atoms with E-state index in [9.17, 15) is 9.59 Å². The second kappa shape index (κ2) is 22.6. The van der Waals surface area contributed by atoms with Crippen LogP contribution < -0.4 is 14.2 Å². The van der Waals surface area contributed by atoms with Crippen LogP contribution in [0.4, 0.5) is 0 Å². The molecule has 12 heteroatoms. The number of esters is 1. The number of fused-ring (bicyclic) bond motifs is 3. The Labute approximate surface area is 430 Å². The van der Waals surface area contributed by atoms with Crippen molar-refractivity contribution >= 4 is 44.8 Å². The van der Waals surface area contributed by atoms with Crippen LogP contribution in [0.15, 0.2) is 153 Å². The zero-order valence-electron chi connectivity index (χ0n) is 41.6. The van der Waals surface area contributed by atoms with Gasteiger partial charge in [0, 0.05) is 45.1 Å². The minimum atomic E-state index is -0.598. The third-order valence-electron chi connectivity index (χ3n) is 13.3. The first-order valence-corrected chi connectivity index (χ1v) is 25.8. The fourth-order valence-corrected chi connectivity index (χ4v) is 9.72. The first-order chi connectivity index (χ1) is 35.5. The zero-order chi connectivity index (χ0) is 50.2. The van der Waals surface area contributed by atoms with Crippen LogP contribution in [-0.2, 0) is 31.8 Å². The quantitative estimate of drug-likeness (QED) is 0.0262. The summed E-state index contributed by atoms with van der Waals surface area (Å²) in [4.78, 5) is 27.5. The van der Waals surface area contributed by atoms with E-state index in [4.69, 9.17) is 42.0 Å². The Balaban J connectivity index is 0.670. The average Bonchev–Trinajstić information content (AvgIpc) is 4.03. The van der Waals surface area contributed by atoms with E-state index in [2.05, 4.69) is 32.9 Å². The van der Waals surface area contributed by atoms with Gasteiger partial charge in [0.1, 0.15) is 29.6 Å². The van der Waals surface area contributed by atoms with Gasteiger partial charge in [-0.15, -0.1) is 0 Å². The number of hydrogen-bond acceptors (Lipinski definition) is 12. The molecule has 376 valence electrons. The number of carbonyl (C=O) groups is 2. The average molecular weight is 1000 g/mol. The molecule has 10 rings (SSSR count). The van der Waals surface area contributed by atoms with Crippen molar-refractivity contribution in [3.05, 3.63) is 168 Å². The topological polar surface area (TPSA) is 125 Å². The van der Waals surface area contributed by atoms with Gasteiger partial charge < -0.3 is 42.0 Å². The molecule has 2 aromatic heterocycles. The summed E-state index contributed by atoms with van der Waals surface area (Å²) in [5.41, 5.74) is 8.37. The second-order valence-electron chi connectivity index (χ2n) is 19.9. The smallest absolute Gasteiger partial charge is 0.379 e. The maximum absolute atomic E-state index is 13.4. The highest BCUT2D eigenvalue weighted by Crippen LogP contribution is 2.34. The number of rotatable bonds is 23. The van der Waals surface area contributed by atoms with Gasteiger partial charge in [0.2, 0.25) is 10.9 Å². The number of hydrogen-bond donors (Lipinski definition) is 0. The highest BCUT2D eigenvalue weighted by Gasteiger charge is 2.34. The molecule has 2 aliphatic heterocycles. The lowest BCUT2D eigenvalue weighted by Crippen LogP contribution is -2.43. The van der Waals surface area contributed by atoms with Crippen LogP contribution in [0.1, 0.15) is 64.5 Å². The molecular weight excluding hydrogens is 941 g/mol. The predicted octanol–water partition coefficient (Wildman–Crippen LogP) is 13.4. The molecule has 2 saturated heterocycles. The summed E-state index contributed by atoms with van der Waals surface area (Å²) in [6.07, 6.45) is 3.29. The summed E-state index contributed by atoms with van der Waals surface area (Å²) in [5, 5.41) is 1.62. The lowest BCUT2D eigenvalue weighted by molar-refractivity contribution is -0.139. The van der Waals surface area contributed by atoms with Gasteiger partial charge in [-0.3, -0.25) is 4.79 Å². The minimum absolute atomic E-state index is 0.0104. The van der Waals surface area contributed by atoms with E-state index < -0.39 is 5.97 Å². The second-order valence-corrected chi connectivity index (χ2v) is 20.9. The van der Waals surface area contributed by atoms with Gasteiger partial charge >= 0.3 is 5.97 Å². The van der Waals surface area contributed by atoms with Crippen LogP contribution in [0.3, 0.4) is 0 Å². The molecule has 0 spiro atoms. The molecular formula is C61H60O11S. The Bertz CT molecular complexity index is 3150. The highest BCUT2D eigenvalue weighted by atomic mass is 32.2. The molecule has 8 aromatic rings. The van der Waals surface area contributed by atoms with Crippen molar-refractivity contribution in [2.45, 2.75) is 51.3 Å². The third-order valence-corrected chi connectivity index (χ3v) is 14.2. The molecule has 0 N–H and O–H groups in total. The summed E-state index contributed by atoms with van der Waals surface area (Å²) < 4.78 is 52.1. The molecule has 0 bridgehead atoms. The van der Waals surface area contributed by atoms with Crippen LogP contribution in [0.25, 0.3) is 44.2 Å². The maximum atomic E-state index is 13.4. The predicted molar refractivity (Wildman–Crippen MR) is 283 cm³/mol. The van der Waals surface area contributed by atoms with Crippen molar-refractivity contribution in [2.75, 3.05) is 66.1 Å². The molecule has 0 amide bonds. The third kappa shape index (κ3) is 12.6. The van der Waals surface area contributed by atoms with Crippen molar-refractivity contribution in [1.29, 1.82) is 0 Å². The molecule has 0 radical (unpaired) electrons.